The van der Waals surface area contributed by atoms with Crippen molar-refractivity contribution in [3.05, 3.63) is 29.3 Å². The normalized spacial score (nSPS) is 36.1. The van der Waals surface area contributed by atoms with Crippen LogP contribution in [0.2, 0.25) is 0 Å². The minimum Gasteiger partial charge on any atom is -0.497 e. The first-order valence-electron chi connectivity index (χ1n) is 7.86. The average Bonchev–Trinajstić information content (AvgIpc) is 2.50. The maximum Gasteiger partial charge on any atom is 0.119 e. The number of rotatable bonds is 1. The first-order valence-corrected chi connectivity index (χ1v) is 7.86. The summed E-state index contributed by atoms with van der Waals surface area (Å²) in [4.78, 5) is 2.57. The van der Waals surface area contributed by atoms with Gasteiger partial charge in [-0.25, -0.2) is 0 Å². The van der Waals surface area contributed by atoms with E-state index in [0.717, 1.165) is 12.3 Å². The van der Waals surface area contributed by atoms with Gasteiger partial charge in [-0.3, -0.25) is 0 Å². The molecule has 3 aliphatic rings. The zero-order valence-corrected chi connectivity index (χ0v) is 12.5. The Morgan fingerprint density at radius 1 is 1.35 bits per heavy atom. The summed E-state index contributed by atoms with van der Waals surface area (Å²) in [6.45, 7) is 2.23. The molecule has 0 aromatic heterocycles. The summed E-state index contributed by atoms with van der Waals surface area (Å²) in [6, 6.07) is 8.00. The minimum atomic E-state index is 0.345. The number of nitrogens with zero attached hydrogens (tertiary/aromatic N) is 1. The number of piperidine rings is 1. The van der Waals surface area contributed by atoms with E-state index in [9.17, 15) is 0 Å². The Labute approximate surface area is 121 Å². The Morgan fingerprint density at radius 2 is 2.25 bits per heavy atom. The molecule has 1 aliphatic carbocycles. The Morgan fingerprint density at radius 3 is 3.10 bits per heavy atom. The van der Waals surface area contributed by atoms with Gasteiger partial charge in [0.25, 0.3) is 0 Å². The van der Waals surface area contributed by atoms with Crippen molar-refractivity contribution in [2.45, 2.75) is 49.7 Å². The van der Waals surface area contributed by atoms with Crippen molar-refractivity contribution in [1.29, 1.82) is 0 Å². The molecule has 1 aromatic carbocycles. The Kier molecular flexibility index (Phi) is 2.83. The molecule has 108 valence electrons. The molecule has 3 nitrogen and oxygen atoms in total. The van der Waals surface area contributed by atoms with Crippen LogP contribution < -0.4 is 10.1 Å². The van der Waals surface area contributed by atoms with Crippen molar-refractivity contribution in [1.82, 2.24) is 10.2 Å². The van der Waals surface area contributed by atoms with Crippen molar-refractivity contribution in [3.8, 4) is 5.75 Å². The highest BCUT2D eigenvalue weighted by Crippen LogP contribution is 2.50. The quantitative estimate of drug-likeness (QED) is 0.849. The maximum absolute atomic E-state index is 5.48. The summed E-state index contributed by atoms with van der Waals surface area (Å²) in [5, 5.41) is 3.86. The molecular formula is C17H24N2O. The smallest absolute Gasteiger partial charge is 0.119 e. The monoisotopic (exact) mass is 272 g/mol. The highest BCUT2D eigenvalue weighted by atomic mass is 16.5. The third-order valence-electron chi connectivity index (χ3n) is 5.95. The second kappa shape index (κ2) is 4.47. The van der Waals surface area contributed by atoms with Crippen LogP contribution in [0.25, 0.3) is 0 Å². The summed E-state index contributed by atoms with van der Waals surface area (Å²) >= 11 is 0. The number of methoxy groups -OCH3 is 1. The van der Waals surface area contributed by atoms with Gasteiger partial charge in [0.1, 0.15) is 5.75 Å². The molecule has 0 spiro atoms. The SMILES string of the molecule is COc1ccc2c(c1)C13CCCC(C1NC2)N(C)CC3. The fourth-order valence-electron chi connectivity index (χ4n) is 4.90. The van der Waals surface area contributed by atoms with Gasteiger partial charge in [-0.15, -0.1) is 0 Å². The van der Waals surface area contributed by atoms with Crippen LogP contribution in [0.5, 0.6) is 5.75 Å². The van der Waals surface area contributed by atoms with E-state index in [4.69, 9.17) is 4.74 Å². The second-order valence-corrected chi connectivity index (χ2v) is 6.73. The van der Waals surface area contributed by atoms with E-state index < -0.39 is 0 Å². The van der Waals surface area contributed by atoms with Crippen LogP contribution in [0, 0.1) is 0 Å². The fourth-order valence-corrected chi connectivity index (χ4v) is 4.90. The van der Waals surface area contributed by atoms with Crippen molar-refractivity contribution < 1.29 is 4.74 Å². The van der Waals surface area contributed by atoms with E-state index in [2.05, 4.69) is 35.5 Å². The van der Waals surface area contributed by atoms with Crippen LogP contribution in [0.3, 0.4) is 0 Å². The van der Waals surface area contributed by atoms with Gasteiger partial charge in [-0.1, -0.05) is 12.5 Å². The Bertz CT molecular complexity index is 530. The van der Waals surface area contributed by atoms with Crippen LogP contribution in [-0.4, -0.2) is 37.7 Å². The molecule has 1 N–H and O–H groups in total. The number of hydrogen-bond acceptors (Lipinski definition) is 3. The van der Waals surface area contributed by atoms with Gasteiger partial charge in [-0.2, -0.15) is 0 Å². The van der Waals surface area contributed by atoms with Crippen LogP contribution >= 0.6 is 0 Å². The molecule has 4 rings (SSSR count). The molecule has 2 bridgehead atoms. The van der Waals surface area contributed by atoms with Crippen molar-refractivity contribution in [2.24, 2.45) is 0 Å². The average molecular weight is 272 g/mol. The molecular weight excluding hydrogens is 248 g/mol. The predicted molar refractivity (Wildman–Crippen MR) is 80.2 cm³/mol. The molecule has 2 aliphatic heterocycles. The maximum atomic E-state index is 5.48. The summed E-state index contributed by atoms with van der Waals surface area (Å²) in [7, 11) is 4.07. The molecule has 1 aromatic rings. The van der Waals surface area contributed by atoms with Gasteiger partial charge in [0, 0.05) is 24.0 Å². The third kappa shape index (κ3) is 1.60. The lowest BCUT2D eigenvalue weighted by Crippen LogP contribution is -2.67. The van der Waals surface area contributed by atoms with Crippen LogP contribution in [0.1, 0.15) is 36.8 Å². The lowest BCUT2D eigenvalue weighted by molar-refractivity contribution is 0.0210. The molecule has 3 heteroatoms. The Hall–Kier alpha value is -1.06. The molecule has 0 radical (unpaired) electrons. The lowest BCUT2D eigenvalue weighted by atomic mass is 9.58. The molecule has 0 amide bonds. The number of benzene rings is 1. The van der Waals surface area contributed by atoms with E-state index in [1.54, 1.807) is 12.7 Å². The predicted octanol–water partition coefficient (Wildman–Crippen LogP) is 2.29. The van der Waals surface area contributed by atoms with Gasteiger partial charge in [-0.05, 0) is 56.1 Å². The van der Waals surface area contributed by atoms with Gasteiger partial charge in [0.15, 0.2) is 0 Å². The highest BCUT2D eigenvalue weighted by Gasteiger charge is 2.53. The molecule has 2 heterocycles. The largest absolute Gasteiger partial charge is 0.497 e. The zero-order valence-electron chi connectivity index (χ0n) is 12.5. The van der Waals surface area contributed by atoms with Crippen LogP contribution in [-0.2, 0) is 12.0 Å². The minimum absolute atomic E-state index is 0.345. The summed E-state index contributed by atoms with van der Waals surface area (Å²) < 4.78 is 5.48. The first-order chi connectivity index (χ1) is 9.74. The van der Waals surface area contributed by atoms with Gasteiger partial charge < -0.3 is 15.0 Å². The number of likely N-dealkylation sites (tertiary alicyclic amines) is 1. The molecule has 20 heavy (non-hydrogen) atoms. The molecule has 2 fully saturated rings. The topological polar surface area (TPSA) is 24.5 Å². The summed E-state index contributed by atoms with van der Waals surface area (Å²) in [5.41, 5.74) is 3.39. The standard InChI is InChI=1S/C17H24N2O/c1-19-9-8-17-7-3-4-15(19)16(17)18-11-12-5-6-13(20-2)10-14(12)17/h5-6,10,15-16,18H,3-4,7-9,11H2,1-2H3. The van der Waals surface area contributed by atoms with Crippen molar-refractivity contribution in [3.63, 3.8) is 0 Å². The van der Waals surface area contributed by atoms with Gasteiger partial charge in [0.05, 0.1) is 7.11 Å². The zero-order chi connectivity index (χ0) is 13.7. The van der Waals surface area contributed by atoms with E-state index in [1.165, 1.54) is 37.8 Å². The molecule has 1 saturated carbocycles. The molecule has 3 atom stereocenters. The van der Waals surface area contributed by atoms with E-state index >= 15 is 0 Å². The van der Waals surface area contributed by atoms with Gasteiger partial charge in [0.2, 0.25) is 0 Å². The number of ether oxygens (including phenoxy) is 1. The lowest BCUT2D eigenvalue weighted by Gasteiger charge is -2.58. The molecule has 3 unspecified atom stereocenters. The van der Waals surface area contributed by atoms with Crippen molar-refractivity contribution >= 4 is 0 Å². The first kappa shape index (κ1) is 12.7. The number of fused-ring (bicyclic) bond motifs is 1. The van der Waals surface area contributed by atoms with Crippen molar-refractivity contribution in [2.75, 3.05) is 20.7 Å². The Balaban J connectivity index is 1.84. The summed E-state index contributed by atoms with van der Waals surface area (Å²) in [5.74, 6) is 1.01. The van der Waals surface area contributed by atoms with E-state index in [-0.39, 0.29) is 0 Å². The fraction of sp³-hybridized carbons (Fsp3) is 0.647. The number of likely N-dealkylation sites (N-methyl/N-ethyl adjacent to an activating group) is 1. The highest BCUT2D eigenvalue weighted by molar-refractivity contribution is 5.45. The second-order valence-electron chi connectivity index (χ2n) is 6.73. The number of nitrogens with one attached hydrogen (secondary N) is 1. The molecule has 1 saturated heterocycles. The number of hydrogen-bond donors (Lipinski definition) is 1. The third-order valence-corrected chi connectivity index (χ3v) is 5.95. The van der Waals surface area contributed by atoms with Gasteiger partial charge >= 0.3 is 0 Å². The summed E-state index contributed by atoms with van der Waals surface area (Å²) in [6.07, 6.45) is 5.30. The van der Waals surface area contributed by atoms with Crippen LogP contribution in [0.4, 0.5) is 0 Å². The van der Waals surface area contributed by atoms with Crippen LogP contribution in [0.15, 0.2) is 18.2 Å². The van der Waals surface area contributed by atoms with E-state index in [0.29, 0.717) is 17.5 Å². The van der Waals surface area contributed by atoms with E-state index in [1.807, 2.05) is 0 Å².